The predicted octanol–water partition coefficient (Wildman–Crippen LogP) is 7.88. The summed E-state index contributed by atoms with van der Waals surface area (Å²) in [6.07, 6.45) is 5.45. The summed E-state index contributed by atoms with van der Waals surface area (Å²) in [5.74, 6) is 13.6. The first-order chi connectivity index (χ1) is 35.7. The van der Waals surface area contributed by atoms with Crippen molar-refractivity contribution in [1.82, 2.24) is 20.9 Å². The van der Waals surface area contributed by atoms with E-state index in [2.05, 4.69) is 60.3 Å². The monoisotopic (exact) mass is 1120 g/mol. The van der Waals surface area contributed by atoms with E-state index in [4.69, 9.17) is 61.9 Å². The van der Waals surface area contributed by atoms with Gasteiger partial charge in [0.25, 0.3) is 6.47 Å². The molecule has 0 heterocycles. The minimum absolute atomic E-state index is 0.00125. The molecule has 19 nitrogen and oxygen atoms in total. The highest BCUT2D eigenvalue weighted by Gasteiger charge is 2.17. The zero-order valence-electron chi connectivity index (χ0n) is 48.1. The molecule has 0 aliphatic rings. The Morgan fingerprint density at radius 2 is 1.27 bits per heavy atom. The van der Waals surface area contributed by atoms with Crippen LogP contribution in [0.5, 0.6) is 5.75 Å². The maximum Gasteiger partial charge on any atom is 0.408 e. The van der Waals surface area contributed by atoms with Crippen molar-refractivity contribution in [3.8, 4) is 41.6 Å². The largest absolute Gasteiger partial charge is 0.494 e. The van der Waals surface area contributed by atoms with Crippen molar-refractivity contribution < 1.29 is 47.1 Å². The van der Waals surface area contributed by atoms with Crippen molar-refractivity contribution in [1.29, 1.82) is 10.5 Å². The Bertz CT molecular complexity index is 1940. The Morgan fingerprint density at radius 3 is 1.69 bits per heavy atom. The second-order valence-electron chi connectivity index (χ2n) is 15.4. The van der Waals surface area contributed by atoms with Crippen LogP contribution in [0.2, 0.25) is 0 Å². The fraction of sp³-hybridized carbons (Fsp3) is 0.593. The normalized spacial score (nSPS) is 11.5. The molecule has 75 heavy (non-hydrogen) atoms. The number of carbonyl (C=O) groups excluding carboxylic acids is 2. The SMILES string of the molecule is CBr.CC.CC.CC.CC(C)(C)OC=O.CCOC(CCN(Cc1ccc(OC)c(F)c1)/C(N)=C/C=C(\N)C#N)OCC#CCNC(=O)OC(C)(C)C.CCOC(CCN/C(N)=C/C=C(\N)C#N)OCC#CCNC. The number of benzene rings is 1. The van der Waals surface area contributed by atoms with Crippen LogP contribution in [-0.2, 0) is 39.8 Å². The van der Waals surface area contributed by atoms with Gasteiger partial charge in [0.2, 0.25) is 0 Å². The Balaban J connectivity index is -0.000000270. The van der Waals surface area contributed by atoms with Gasteiger partial charge in [-0.05, 0) is 110 Å². The van der Waals surface area contributed by atoms with Crippen molar-refractivity contribution in [3.05, 3.63) is 76.9 Å². The lowest BCUT2D eigenvalue weighted by Gasteiger charge is -2.27. The van der Waals surface area contributed by atoms with Crippen molar-refractivity contribution in [2.45, 2.75) is 140 Å². The number of hydrogen-bond acceptors (Lipinski definition) is 18. The van der Waals surface area contributed by atoms with Gasteiger partial charge in [0.05, 0.1) is 31.8 Å². The summed E-state index contributed by atoms with van der Waals surface area (Å²) >= 11 is 2.94. The second-order valence-corrected chi connectivity index (χ2v) is 15.4. The van der Waals surface area contributed by atoms with Gasteiger partial charge >= 0.3 is 6.09 Å². The van der Waals surface area contributed by atoms with E-state index >= 15 is 0 Å². The highest BCUT2D eigenvalue weighted by molar-refractivity contribution is 9.08. The van der Waals surface area contributed by atoms with Gasteiger partial charge in [0.1, 0.15) is 47.9 Å². The molecular formula is C54H94BrFN10O9. The first-order valence-corrected chi connectivity index (χ1v) is 26.2. The molecule has 0 fully saturated rings. The van der Waals surface area contributed by atoms with Crippen LogP contribution in [0.25, 0.3) is 0 Å². The molecule has 0 saturated carbocycles. The number of alkyl halides is 1. The molecule has 0 aliphatic carbocycles. The van der Waals surface area contributed by atoms with Crippen LogP contribution < -0.4 is 43.6 Å². The van der Waals surface area contributed by atoms with E-state index in [-0.39, 0.29) is 48.7 Å². The average molecular weight is 1130 g/mol. The van der Waals surface area contributed by atoms with Crippen LogP contribution in [0.1, 0.15) is 115 Å². The Morgan fingerprint density at radius 1 is 0.760 bits per heavy atom. The van der Waals surface area contributed by atoms with Crippen LogP contribution in [0.4, 0.5) is 9.18 Å². The second kappa shape index (κ2) is 55.6. The molecule has 428 valence electrons. The first kappa shape index (κ1) is 80.2. The molecule has 11 N–H and O–H groups in total. The van der Waals surface area contributed by atoms with E-state index in [0.717, 1.165) is 0 Å². The molecule has 0 bridgehead atoms. The molecule has 0 spiro atoms. The van der Waals surface area contributed by atoms with E-state index in [1.54, 1.807) is 43.9 Å². The standard InChI is InChI=1S/C27H38FN5O5.C15H25N5O2.C5H10O2.3C2H6.CH3Br/c1-6-36-25(37-16-8-7-14-32-26(34)38-27(2,3)4)13-15-33(24(31)12-10-21(30)18-29)19-20-9-11-23(35-5)22(28)17-20;1-3-21-15(22-11-5-4-9-19-2)8-10-20-14(18)7-6-13(17)12-16;1-5(2,3)7-4-6;4*1-2/h9-12,17,25H,6,13-16,19,30-31H2,1-5H3,(H,32,34);6-7,15,19-20H,3,8-11,17-18H2,1-2H3;4H,1-3H3;3*1-2H3;1H3/b21-10-,24-12+;13-6-,14-7+;;;;;. The van der Waals surface area contributed by atoms with E-state index in [9.17, 15) is 14.0 Å². The van der Waals surface area contributed by atoms with Crippen LogP contribution >= 0.6 is 15.9 Å². The number of methoxy groups -OCH3 is 1. The van der Waals surface area contributed by atoms with E-state index in [1.165, 1.54) is 37.5 Å². The maximum atomic E-state index is 14.2. The van der Waals surface area contributed by atoms with E-state index < -0.39 is 23.8 Å². The fourth-order valence-corrected chi connectivity index (χ4v) is 4.48. The molecule has 2 atom stereocenters. The van der Waals surface area contributed by atoms with Gasteiger partial charge < -0.3 is 76.9 Å². The zero-order valence-corrected chi connectivity index (χ0v) is 49.7. The van der Waals surface area contributed by atoms with E-state index in [0.29, 0.717) is 76.0 Å². The van der Waals surface area contributed by atoms with Crippen LogP contribution in [0.3, 0.4) is 0 Å². The summed E-state index contributed by atoms with van der Waals surface area (Å²) in [6.45, 7) is 30.3. The molecule has 1 aromatic rings. The van der Waals surface area contributed by atoms with Gasteiger partial charge in [-0.1, -0.05) is 87.2 Å². The van der Waals surface area contributed by atoms with Gasteiger partial charge in [-0.2, -0.15) is 10.5 Å². The number of nitrogens with two attached hydrogens (primary N) is 4. The highest BCUT2D eigenvalue weighted by atomic mass is 79.9. The van der Waals surface area contributed by atoms with Crippen molar-refractivity contribution in [2.75, 3.05) is 72.6 Å². The van der Waals surface area contributed by atoms with Gasteiger partial charge in [0.15, 0.2) is 24.1 Å². The minimum Gasteiger partial charge on any atom is -0.494 e. The summed E-state index contributed by atoms with van der Waals surface area (Å²) in [6, 6.07) is 8.27. The fourth-order valence-electron chi connectivity index (χ4n) is 4.48. The molecule has 2 unspecified atom stereocenters. The number of nitrogens with one attached hydrogen (secondary N) is 3. The molecule has 1 amide bonds. The molecular weight excluding hydrogens is 1030 g/mol. The number of carbonyl (C=O) groups is 2. The topological polar surface area (TPSA) is 290 Å². The van der Waals surface area contributed by atoms with Crippen molar-refractivity contribution in [2.24, 2.45) is 22.9 Å². The molecule has 0 radical (unpaired) electrons. The molecule has 0 saturated heterocycles. The Hall–Kier alpha value is -6.17. The van der Waals surface area contributed by atoms with Gasteiger partial charge in [0, 0.05) is 45.7 Å². The summed E-state index contributed by atoms with van der Waals surface area (Å²) in [5.41, 5.74) is 22.7. The summed E-state index contributed by atoms with van der Waals surface area (Å²) in [4.78, 5) is 23.0. The lowest BCUT2D eigenvalue weighted by molar-refractivity contribution is -0.138. The van der Waals surface area contributed by atoms with Crippen molar-refractivity contribution >= 4 is 28.5 Å². The first-order valence-electron chi connectivity index (χ1n) is 24.6. The number of hydrogen-bond donors (Lipinski definition) is 7. The average Bonchev–Trinajstić information content (AvgIpc) is 3.38. The molecule has 21 heteroatoms. The van der Waals surface area contributed by atoms with Gasteiger partial charge in [-0.3, -0.25) is 4.79 Å². The van der Waals surface area contributed by atoms with Crippen LogP contribution in [-0.4, -0.2) is 114 Å². The molecule has 0 aliphatic heterocycles. The number of ether oxygens (including phenoxy) is 7. The number of amides is 1. The quantitative estimate of drug-likeness (QED) is 0.0129. The predicted molar refractivity (Wildman–Crippen MR) is 303 cm³/mol. The number of nitriles is 2. The van der Waals surface area contributed by atoms with Crippen LogP contribution in [0.15, 0.2) is 65.5 Å². The smallest absolute Gasteiger partial charge is 0.408 e. The van der Waals surface area contributed by atoms with E-state index in [1.807, 2.05) is 95.1 Å². The van der Waals surface area contributed by atoms with Crippen LogP contribution in [0, 0.1) is 52.2 Å². The minimum atomic E-state index is -0.587. The van der Waals surface area contributed by atoms with Gasteiger partial charge in [-0.15, -0.1) is 0 Å². The Kier molecular flexibility index (Phi) is 59.4. The Labute approximate surface area is 459 Å². The number of nitrogens with zero attached hydrogens (tertiary/aromatic N) is 3. The number of alkyl carbamates (subject to hydrolysis) is 1. The number of halogens is 2. The van der Waals surface area contributed by atoms with Crippen molar-refractivity contribution in [3.63, 3.8) is 0 Å². The third-order valence-corrected chi connectivity index (χ3v) is 7.46. The lowest BCUT2D eigenvalue weighted by atomic mass is 10.2. The highest BCUT2D eigenvalue weighted by Crippen LogP contribution is 2.20. The lowest BCUT2D eigenvalue weighted by Crippen LogP contribution is -2.32. The molecule has 1 aromatic carbocycles. The zero-order chi connectivity index (χ0) is 59.1. The van der Waals surface area contributed by atoms with Gasteiger partial charge in [-0.25, -0.2) is 9.18 Å². The molecule has 1 rings (SSSR count). The maximum absolute atomic E-state index is 14.2. The third-order valence-electron chi connectivity index (χ3n) is 7.46. The third kappa shape index (κ3) is 55.4. The molecule has 0 aromatic heterocycles. The summed E-state index contributed by atoms with van der Waals surface area (Å²) < 4.78 is 51.3. The number of allylic oxidation sites excluding steroid dienone is 6. The summed E-state index contributed by atoms with van der Waals surface area (Å²) in [7, 11) is 3.23. The summed E-state index contributed by atoms with van der Waals surface area (Å²) in [5, 5.41) is 25.9. The number of rotatable bonds is 24.